The van der Waals surface area contributed by atoms with Crippen LogP contribution in [0.25, 0.3) is 0 Å². The number of hydrogen-bond donors (Lipinski definition) is 0. The Morgan fingerprint density at radius 3 is 2.68 bits per heavy atom. The van der Waals surface area contributed by atoms with Gasteiger partial charge in [-0.25, -0.2) is 0 Å². The number of aromatic nitrogens is 2. The third-order valence-electron chi connectivity index (χ3n) is 3.06. The predicted octanol–water partition coefficient (Wildman–Crippen LogP) is 2.23. The van der Waals surface area contributed by atoms with E-state index >= 15 is 0 Å². The first-order valence-electron chi connectivity index (χ1n) is 6.79. The standard InChI is InChI=1S/C14H22N4O/c1-5-12-10-13(18(6-2)16-12)14(19)17(11(3)4)9-7-8-15/h10-11H,5-7,9H2,1-4H3. The average Bonchev–Trinajstić information content (AvgIpc) is 2.81. The number of amides is 1. The molecule has 0 saturated carbocycles. The second-order valence-electron chi connectivity index (χ2n) is 4.69. The molecule has 0 atom stereocenters. The van der Waals surface area contributed by atoms with Gasteiger partial charge in [0.05, 0.1) is 18.2 Å². The molecular weight excluding hydrogens is 240 g/mol. The van der Waals surface area contributed by atoms with Crippen molar-refractivity contribution < 1.29 is 4.79 Å². The van der Waals surface area contributed by atoms with Crippen molar-refractivity contribution in [3.8, 4) is 6.07 Å². The van der Waals surface area contributed by atoms with Crippen molar-refractivity contribution in [2.45, 2.75) is 53.1 Å². The first-order chi connectivity index (χ1) is 9.04. The quantitative estimate of drug-likeness (QED) is 0.789. The third-order valence-corrected chi connectivity index (χ3v) is 3.06. The van der Waals surface area contributed by atoms with Gasteiger partial charge in [0.25, 0.3) is 5.91 Å². The Balaban J connectivity index is 3.02. The topological polar surface area (TPSA) is 61.9 Å². The Hall–Kier alpha value is -1.83. The van der Waals surface area contributed by atoms with Crippen molar-refractivity contribution in [3.05, 3.63) is 17.5 Å². The summed E-state index contributed by atoms with van der Waals surface area (Å²) in [5.74, 6) is -0.0423. The molecule has 0 N–H and O–H groups in total. The zero-order chi connectivity index (χ0) is 14.4. The number of aryl methyl sites for hydroxylation is 2. The lowest BCUT2D eigenvalue weighted by molar-refractivity contribution is 0.0697. The van der Waals surface area contributed by atoms with E-state index in [-0.39, 0.29) is 11.9 Å². The Kier molecular flexibility index (Phi) is 5.56. The number of nitriles is 1. The first-order valence-corrected chi connectivity index (χ1v) is 6.79. The van der Waals surface area contributed by atoms with Crippen molar-refractivity contribution in [2.24, 2.45) is 0 Å². The molecule has 0 radical (unpaired) electrons. The summed E-state index contributed by atoms with van der Waals surface area (Å²) in [7, 11) is 0. The number of carbonyl (C=O) groups is 1. The van der Waals surface area contributed by atoms with Crippen LogP contribution in [0.1, 0.15) is 50.3 Å². The minimum Gasteiger partial charge on any atom is -0.334 e. The summed E-state index contributed by atoms with van der Waals surface area (Å²) in [5, 5.41) is 13.1. The molecule has 5 nitrogen and oxygen atoms in total. The second kappa shape index (κ2) is 6.93. The Labute approximate surface area is 114 Å². The van der Waals surface area contributed by atoms with Gasteiger partial charge in [-0.15, -0.1) is 0 Å². The van der Waals surface area contributed by atoms with Crippen LogP contribution in [0.5, 0.6) is 0 Å². The van der Waals surface area contributed by atoms with Gasteiger partial charge in [-0.2, -0.15) is 10.4 Å². The van der Waals surface area contributed by atoms with E-state index in [9.17, 15) is 4.79 Å². The average molecular weight is 262 g/mol. The molecule has 0 aliphatic rings. The van der Waals surface area contributed by atoms with Crippen molar-refractivity contribution in [3.63, 3.8) is 0 Å². The van der Waals surface area contributed by atoms with Crippen LogP contribution in [0.15, 0.2) is 6.07 Å². The van der Waals surface area contributed by atoms with Crippen LogP contribution < -0.4 is 0 Å². The number of nitrogens with zero attached hydrogens (tertiary/aromatic N) is 4. The minimum absolute atomic E-state index is 0.0423. The third kappa shape index (κ3) is 3.57. The largest absolute Gasteiger partial charge is 0.334 e. The van der Waals surface area contributed by atoms with E-state index in [0.717, 1.165) is 12.1 Å². The maximum atomic E-state index is 12.6. The molecule has 5 heteroatoms. The van der Waals surface area contributed by atoms with Crippen molar-refractivity contribution in [1.29, 1.82) is 5.26 Å². The van der Waals surface area contributed by atoms with E-state index in [1.807, 2.05) is 33.8 Å². The fourth-order valence-electron chi connectivity index (χ4n) is 1.97. The second-order valence-corrected chi connectivity index (χ2v) is 4.69. The molecular formula is C14H22N4O. The monoisotopic (exact) mass is 262 g/mol. The zero-order valence-corrected chi connectivity index (χ0v) is 12.2. The fourth-order valence-corrected chi connectivity index (χ4v) is 1.97. The molecule has 19 heavy (non-hydrogen) atoms. The molecule has 0 fully saturated rings. The van der Waals surface area contributed by atoms with Gasteiger partial charge in [0.1, 0.15) is 5.69 Å². The van der Waals surface area contributed by atoms with E-state index in [1.54, 1.807) is 9.58 Å². The zero-order valence-electron chi connectivity index (χ0n) is 12.2. The molecule has 0 unspecified atom stereocenters. The normalized spacial score (nSPS) is 10.5. The van der Waals surface area contributed by atoms with Crippen molar-refractivity contribution in [1.82, 2.24) is 14.7 Å². The van der Waals surface area contributed by atoms with Crippen LogP contribution in [0, 0.1) is 11.3 Å². The molecule has 104 valence electrons. The van der Waals surface area contributed by atoms with Crippen LogP contribution in [0.4, 0.5) is 0 Å². The summed E-state index contributed by atoms with van der Waals surface area (Å²) in [5.41, 5.74) is 1.54. The highest BCUT2D eigenvalue weighted by Crippen LogP contribution is 2.12. The van der Waals surface area contributed by atoms with Gasteiger partial charge < -0.3 is 4.90 Å². The SMILES string of the molecule is CCc1cc(C(=O)N(CCC#N)C(C)C)n(CC)n1. The number of hydrogen-bond acceptors (Lipinski definition) is 3. The summed E-state index contributed by atoms with van der Waals surface area (Å²) < 4.78 is 1.74. The summed E-state index contributed by atoms with van der Waals surface area (Å²) in [6.45, 7) is 9.05. The molecule has 0 saturated heterocycles. The van der Waals surface area contributed by atoms with Gasteiger partial charge in [0.15, 0.2) is 0 Å². The summed E-state index contributed by atoms with van der Waals surface area (Å²) in [6.07, 6.45) is 1.16. The molecule has 1 rings (SSSR count). The van der Waals surface area contributed by atoms with E-state index in [2.05, 4.69) is 11.2 Å². The lowest BCUT2D eigenvalue weighted by Crippen LogP contribution is -2.38. The molecule has 0 spiro atoms. The highest BCUT2D eigenvalue weighted by Gasteiger charge is 2.22. The highest BCUT2D eigenvalue weighted by molar-refractivity contribution is 5.93. The molecule has 0 aliphatic heterocycles. The minimum atomic E-state index is -0.0423. The lowest BCUT2D eigenvalue weighted by atomic mass is 10.2. The van der Waals surface area contributed by atoms with Crippen molar-refractivity contribution >= 4 is 5.91 Å². The summed E-state index contributed by atoms with van der Waals surface area (Å²) >= 11 is 0. The molecule has 0 aromatic carbocycles. The smallest absolute Gasteiger partial charge is 0.272 e. The van der Waals surface area contributed by atoms with E-state index in [4.69, 9.17) is 5.26 Å². The summed E-state index contributed by atoms with van der Waals surface area (Å²) in [4.78, 5) is 14.3. The molecule has 1 aromatic heterocycles. The fraction of sp³-hybridized carbons (Fsp3) is 0.643. The van der Waals surface area contributed by atoms with Crippen LogP contribution >= 0.6 is 0 Å². The van der Waals surface area contributed by atoms with Crippen LogP contribution in [-0.2, 0) is 13.0 Å². The van der Waals surface area contributed by atoms with Gasteiger partial charge >= 0.3 is 0 Å². The van der Waals surface area contributed by atoms with E-state index in [0.29, 0.717) is 25.2 Å². The highest BCUT2D eigenvalue weighted by atomic mass is 16.2. The molecule has 1 amide bonds. The molecule has 1 heterocycles. The number of rotatable bonds is 6. The Morgan fingerprint density at radius 2 is 2.21 bits per heavy atom. The van der Waals surface area contributed by atoms with Gasteiger partial charge in [-0.1, -0.05) is 6.92 Å². The predicted molar refractivity (Wildman–Crippen MR) is 73.7 cm³/mol. The Morgan fingerprint density at radius 1 is 1.53 bits per heavy atom. The van der Waals surface area contributed by atoms with Gasteiger partial charge in [0, 0.05) is 19.1 Å². The van der Waals surface area contributed by atoms with Crippen molar-refractivity contribution in [2.75, 3.05) is 6.54 Å². The lowest BCUT2D eigenvalue weighted by Gasteiger charge is -2.25. The van der Waals surface area contributed by atoms with Gasteiger partial charge in [-0.3, -0.25) is 9.48 Å². The maximum Gasteiger partial charge on any atom is 0.272 e. The van der Waals surface area contributed by atoms with E-state index < -0.39 is 0 Å². The first kappa shape index (κ1) is 15.2. The summed E-state index contributed by atoms with van der Waals surface area (Å²) in [6, 6.07) is 4.02. The molecule has 1 aromatic rings. The maximum absolute atomic E-state index is 12.6. The Bertz CT molecular complexity index is 470. The van der Waals surface area contributed by atoms with Gasteiger partial charge in [-0.05, 0) is 33.3 Å². The molecule has 0 bridgehead atoms. The van der Waals surface area contributed by atoms with Crippen LogP contribution in [0.3, 0.4) is 0 Å². The van der Waals surface area contributed by atoms with Crippen LogP contribution in [0.2, 0.25) is 0 Å². The molecule has 0 aliphatic carbocycles. The van der Waals surface area contributed by atoms with Gasteiger partial charge in [0.2, 0.25) is 0 Å². The number of carbonyl (C=O) groups excluding carboxylic acids is 1. The van der Waals surface area contributed by atoms with E-state index in [1.165, 1.54) is 0 Å². The van der Waals surface area contributed by atoms with Crippen LogP contribution in [-0.4, -0.2) is 33.2 Å².